The van der Waals surface area contributed by atoms with Crippen LogP contribution in [0.25, 0.3) is 0 Å². The first-order valence-corrected chi connectivity index (χ1v) is 10.6. The lowest BCUT2D eigenvalue weighted by Gasteiger charge is -2.29. The number of nitrogens with zero attached hydrogens (tertiary/aromatic N) is 3. The lowest BCUT2D eigenvalue weighted by atomic mass is 10.1. The smallest absolute Gasteiger partial charge is 0.191 e. The molecule has 3 rings (SSSR count). The van der Waals surface area contributed by atoms with Crippen molar-refractivity contribution in [3.63, 3.8) is 0 Å². The zero-order chi connectivity index (χ0) is 20.8. The number of guanidine groups is 1. The molecule has 1 aliphatic rings. The van der Waals surface area contributed by atoms with E-state index in [1.54, 1.807) is 7.05 Å². The average molecular weight is 438 g/mol. The number of nitrogens with one attached hydrogen (secondary N) is 2. The average Bonchev–Trinajstić information content (AvgIpc) is 2.97. The van der Waals surface area contributed by atoms with E-state index in [9.17, 15) is 5.11 Å². The van der Waals surface area contributed by atoms with Crippen molar-refractivity contribution < 1.29 is 5.11 Å². The lowest BCUT2D eigenvalue weighted by molar-refractivity contribution is 0.0792. The largest absolute Gasteiger partial charge is 0.393 e. The summed E-state index contributed by atoms with van der Waals surface area (Å²) in [6.45, 7) is 4.12. The highest BCUT2D eigenvalue weighted by atomic mass is 35.5. The van der Waals surface area contributed by atoms with Crippen LogP contribution in [0.15, 0.2) is 35.3 Å². The molecule has 0 atom stereocenters. The van der Waals surface area contributed by atoms with Crippen LogP contribution in [0.4, 0.5) is 0 Å². The van der Waals surface area contributed by atoms with E-state index in [-0.39, 0.29) is 6.10 Å². The number of aromatic nitrogens is 1. The van der Waals surface area contributed by atoms with Gasteiger partial charge < -0.3 is 20.3 Å². The Hall–Kier alpha value is -1.73. The van der Waals surface area contributed by atoms with Crippen molar-refractivity contribution in [2.45, 2.75) is 38.6 Å². The highest BCUT2D eigenvalue weighted by Crippen LogP contribution is 2.24. The summed E-state index contributed by atoms with van der Waals surface area (Å²) in [4.78, 5) is 6.67. The molecule has 0 unspecified atom stereocenters. The normalized spacial score (nSPS) is 16.2. The standard InChI is InChI=1S/C21H29Cl2N5O/c1-24-21(26-13-17-11-19(22)20(23)27(17)2)25-12-15-3-5-16(6-4-15)14-28-9-7-18(29)8-10-28/h3-6,11,18,29H,7-10,12-14H2,1-2H3,(H2,24,25,26). The fourth-order valence-corrected chi connectivity index (χ4v) is 3.85. The zero-order valence-corrected chi connectivity index (χ0v) is 18.5. The maximum Gasteiger partial charge on any atom is 0.191 e. The summed E-state index contributed by atoms with van der Waals surface area (Å²) < 4.78 is 1.85. The first-order chi connectivity index (χ1) is 14.0. The Labute approximate surface area is 182 Å². The Balaban J connectivity index is 1.46. The maximum atomic E-state index is 9.62. The summed E-state index contributed by atoms with van der Waals surface area (Å²) in [7, 11) is 3.63. The number of aliphatic imine (C=N–C) groups is 1. The minimum atomic E-state index is -0.127. The number of hydrogen-bond donors (Lipinski definition) is 3. The van der Waals surface area contributed by atoms with Gasteiger partial charge in [0.15, 0.2) is 5.96 Å². The molecule has 0 radical (unpaired) electrons. The number of likely N-dealkylation sites (tertiary alicyclic amines) is 1. The predicted octanol–water partition coefficient (Wildman–Crippen LogP) is 3.15. The molecule has 0 spiro atoms. The molecule has 2 heterocycles. The van der Waals surface area contributed by atoms with Crippen LogP contribution >= 0.6 is 23.2 Å². The van der Waals surface area contributed by atoms with E-state index >= 15 is 0 Å². The van der Waals surface area contributed by atoms with Crippen LogP contribution in [0.3, 0.4) is 0 Å². The number of benzene rings is 1. The van der Waals surface area contributed by atoms with Crippen LogP contribution in [-0.2, 0) is 26.7 Å². The van der Waals surface area contributed by atoms with E-state index in [1.165, 1.54) is 11.1 Å². The Kier molecular flexibility index (Phi) is 7.84. The van der Waals surface area contributed by atoms with Gasteiger partial charge in [0.1, 0.15) is 5.15 Å². The van der Waals surface area contributed by atoms with Crippen molar-refractivity contribution >= 4 is 29.2 Å². The van der Waals surface area contributed by atoms with Crippen molar-refractivity contribution in [1.29, 1.82) is 0 Å². The van der Waals surface area contributed by atoms with E-state index in [0.717, 1.165) is 44.1 Å². The monoisotopic (exact) mass is 437 g/mol. The molecule has 29 heavy (non-hydrogen) atoms. The van der Waals surface area contributed by atoms with Crippen LogP contribution in [0.2, 0.25) is 10.2 Å². The molecular weight excluding hydrogens is 409 g/mol. The molecule has 6 nitrogen and oxygen atoms in total. The van der Waals surface area contributed by atoms with Gasteiger partial charge in [-0.15, -0.1) is 0 Å². The van der Waals surface area contributed by atoms with Gasteiger partial charge in [-0.05, 0) is 30.0 Å². The van der Waals surface area contributed by atoms with Gasteiger partial charge in [-0.1, -0.05) is 47.5 Å². The highest BCUT2D eigenvalue weighted by molar-refractivity contribution is 6.41. The third-order valence-electron chi connectivity index (χ3n) is 5.32. The third kappa shape index (κ3) is 6.12. The van der Waals surface area contributed by atoms with E-state index < -0.39 is 0 Å². The second kappa shape index (κ2) is 10.3. The van der Waals surface area contributed by atoms with E-state index in [4.69, 9.17) is 23.2 Å². The molecular formula is C21H29Cl2N5O. The van der Waals surface area contributed by atoms with Gasteiger partial charge in [0, 0.05) is 46.0 Å². The summed E-state index contributed by atoms with van der Waals surface area (Å²) in [6, 6.07) is 10.5. The summed E-state index contributed by atoms with van der Waals surface area (Å²) in [5.74, 6) is 0.717. The van der Waals surface area contributed by atoms with Gasteiger partial charge in [-0.2, -0.15) is 0 Å². The Morgan fingerprint density at radius 3 is 2.31 bits per heavy atom. The lowest BCUT2D eigenvalue weighted by Crippen LogP contribution is -2.36. The molecule has 1 saturated heterocycles. The summed E-state index contributed by atoms with van der Waals surface area (Å²) in [6.07, 6.45) is 1.61. The topological polar surface area (TPSA) is 64.8 Å². The molecule has 2 aromatic rings. The molecule has 0 bridgehead atoms. The third-order valence-corrected chi connectivity index (χ3v) is 6.16. The van der Waals surface area contributed by atoms with E-state index in [2.05, 4.69) is 44.8 Å². The number of halogens is 2. The van der Waals surface area contributed by atoms with Crippen LogP contribution in [0.1, 0.15) is 29.7 Å². The molecule has 1 aromatic heterocycles. The van der Waals surface area contributed by atoms with E-state index in [0.29, 0.717) is 23.3 Å². The summed E-state index contributed by atoms with van der Waals surface area (Å²) >= 11 is 12.2. The van der Waals surface area contributed by atoms with Gasteiger partial charge >= 0.3 is 0 Å². The van der Waals surface area contributed by atoms with Crippen molar-refractivity contribution in [2.75, 3.05) is 20.1 Å². The second-order valence-electron chi connectivity index (χ2n) is 7.44. The fourth-order valence-electron chi connectivity index (χ4n) is 3.44. The minimum Gasteiger partial charge on any atom is -0.393 e. The molecule has 1 aromatic carbocycles. The van der Waals surface area contributed by atoms with Gasteiger partial charge in [0.2, 0.25) is 0 Å². The van der Waals surface area contributed by atoms with Gasteiger partial charge in [0.25, 0.3) is 0 Å². The van der Waals surface area contributed by atoms with Crippen LogP contribution < -0.4 is 10.6 Å². The van der Waals surface area contributed by atoms with Crippen LogP contribution in [-0.4, -0.2) is 46.8 Å². The number of aliphatic hydroxyl groups excluding tert-OH is 1. The minimum absolute atomic E-state index is 0.127. The molecule has 8 heteroatoms. The SMILES string of the molecule is CN=C(NCc1ccc(CN2CCC(O)CC2)cc1)NCc1cc(Cl)c(Cl)n1C. The molecule has 0 saturated carbocycles. The quantitative estimate of drug-likeness (QED) is 0.479. The fraction of sp³-hybridized carbons (Fsp3) is 0.476. The van der Waals surface area contributed by atoms with Crippen LogP contribution in [0, 0.1) is 0 Å². The summed E-state index contributed by atoms with van der Waals surface area (Å²) in [5, 5.41) is 17.3. The van der Waals surface area contributed by atoms with Crippen molar-refractivity contribution in [3.05, 3.63) is 57.3 Å². The maximum absolute atomic E-state index is 9.62. The first-order valence-electron chi connectivity index (χ1n) is 9.88. The van der Waals surface area contributed by atoms with Gasteiger partial charge in [-0.25, -0.2) is 0 Å². The number of rotatable bonds is 6. The predicted molar refractivity (Wildman–Crippen MR) is 119 cm³/mol. The number of aliphatic hydroxyl groups is 1. The second-order valence-corrected chi connectivity index (χ2v) is 8.20. The van der Waals surface area contributed by atoms with Crippen molar-refractivity contribution in [1.82, 2.24) is 20.1 Å². The molecule has 1 aliphatic heterocycles. The summed E-state index contributed by atoms with van der Waals surface area (Å²) in [5.41, 5.74) is 3.47. The van der Waals surface area contributed by atoms with Crippen molar-refractivity contribution in [2.24, 2.45) is 12.0 Å². The van der Waals surface area contributed by atoms with E-state index in [1.807, 2.05) is 17.7 Å². The van der Waals surface area contributed by atoms with Crippen molar-refractivity contribution in [3.8, 4) is 0 Å². The van der Waals surface area contributed by atoms with Gasteiger partial charge in [-0.3, -0.25) is 9.89 Å². The Morgan fingerprint density at radius 2 is 1.72 bits per heavy atom. The molecule has 3 N–H and O–H groups in total. The molecule has 1 fully saturated rings. The number of piperidine rings is 1. The first kappa shape index (κ1) is 22.0. The molecule has 0 amide bonds. The molecule has 0 aliphatic carbocycles. The van der Waals surface area contributed by atoms with Crippen LogP contribution in [0.5, 0.6) is 0 Å². The Bertz CT molecular complexity index is 826. The highest BCUT2D eigenvalue weighted by Gasteiger charge is 2.16. The van der Waals surface area contributed by atoms with Gasteiger partial charge in [0.05, 0.1) is 17.7 Å². The number of hydrogen-bond acceptors (Lipinski definition) is 3. The Morgan fingerprint density at radius 1 is 1.10 bits per heavy atom. The zero-order valence-electron chi connectivity index (χ0n) is 17.0. The molecule has 158 valence electrons.